The Bertz CT molecular complexity index is 6420. The van der Waals surface area contributed by atoms with Crippen LogP contribution < -0.4 is 62.6 Å². The normalized spacial score (nSPS) is 16.4. The van der Waals surface area contributed by atoms with Crippen LogP contribution in [0.2, 0.25) is 15.1 Å². The molecular formula is C92H95BrCl5N25O11S5. The minimum absolute atomic E-state index is 0.0779. The van der Waals surface area contributed by atoms with Gasteiger partial charge in [0.25, 0.3) is 41.4 Å². The van der Waals surface area contributed by atoms with Gasteiger partial charge in [-0.2, -0.15) is 0 Å². The molecule has 0 saturated carbocycles. The molecule has 7 aliphatic heterocycles. The molecule has 0 bridgehead atoms. The van der Waals surface area contributed by atoms with Gasteiger partial charge in [-0.25, -0.2) is 44.9 Å². The molecule has 13 heterocycles. The van der Waals surface area contributed by atoms with Crippen molar-refractivity contribution in [1.29, 1.82) is 0 Å². The number of aryl methyl sites for hydroxylation is 6. The molecule has 0 radical (unpaired) electrons. The molecule has 726 valence electrons. The third-order valence-electron chi connectivity index (χ3n) is 22.6. The van der Waals surface area contributed by atoms with Crippen molar-refractivity contribution < 1.29 is 52.7 Å². The Labute approximate surface area is 855 Å². The number of benzene rings is 5. The fourth-order valence-corrected chi connectivity index (χ4v) is 20.3. The highest BCUT2D eigenvalue weighted by Crippen LogP contribution is 2.39. The number of para-hydroxylation sites is 3. The highest BCUT2D eigenvalue weighted by atomic mass is 79.9. The van der Waals surface area contributed by atoms with Crippen LogP contribution in [0.1, 0.15) is 130 Å². The van der Waals surface area contributed by atoms with Gasteiger partial charge in [0, 0.05) is 155 Å². The van der Waals surface area contributed by atoms with Crippen LogP contribution in [0.5, 0.6) is 0 Å². The summed E-state index contributed by atoms with van der Waals surface area (Å²) in [5.74, 6) is 3.51. The van der Waals surface area contributed by atoms with E-state index in [1.165, 1.54) is 58.0 Å². The molecule has 2 unspecified atom stereocenters. The van der Waals surface area contributed by atoms with E-state index in [-0.39, 0.29) is 60.1 Å². The van der Waals surface area contributed by atoms with Gasteiger partial charge >= 0.3 is 0 Å². The summed E-state index contributed by atoms with van der Waals surface area (Å²) in [5, 5.41) is 30.0. The molecule has 2 atom stereocenters. The number of halogens is 6. The number of hydrogen-bond donors (Lipinski definition) is 10. The van der Waals surface area contributed by atoms with Gasteiger partial charge in [-0.05, 0) is 114 Å². The highest BCUT2D eigenvalue weighted by molar-refractivity contribution is 9.09. The predicted molar refractivity (Wildman–Crippen MR) is 551 cm³/mol. The SMILES string of the molecule is Cc1nc(Nc2ncc(C(=O)Nc3c(C)cccc3Cl)s2)cc(N2CCN(CCCl)CC2)n1.Cc1nc(Nc2ncc(C(=O)Nc3c(C)cccc3Cl)s2)cc(N2CCN(CCSc3cccc4c3C(=O)N(C3CCC(=O)NC3=O)C4=O)CC2)n1.Cc1nc(Nc2ncc(C(=O)Nc3c(C)cccc3Cl)s2)cc(N2CCNCC2)n1.ClCCBr.O=C1CCC(N2C(=O)c3cccc(S)c3C2=O)C(=O)N1. The topological polar surface area (TPSA) is 435 Å². The fourth-order valence-electron chi connectivity index (χ4n) is 15.7. The van der Waals surface area contributed by atoms with Gasteiger partial charge in [-0.1, -0.05) is 133 Å². The van der Waals surface area contributed by atoms with Gasteiger partial charge < -0.3 is 51.9 Å². The van der Waals surface area contributed by atoms with Crippen LogP contribution in [-0.2, 0) is 19.2 Å². The number of imide groups is 4. The summed E-state index contributed by atoms with van der Waals surface area (Å²) in [6.07, 6.45) is 5.05. The summed E-state index contributed by atoms with van der Waals surface area (Å²) in [6.45, 7) is 23.4. The molecule has 5 fully saturated rings. The van der Waals surface area contributed by atoms with E-state index >= 15 is 0 Å². The number of piperazine rings is 3. The average molecular weight is 2140 g/mol. The van der Waals surface area contributed by atoms with E-state index in [9.17, 15) is 52.7 Å². The number of amides is 11. The van der Waals surface area contributed by atoms with Gasteiger partial charge in [-0.3, -0.25) is 83.0 Å². The van der Waals surface area contributed by atoms with Crippen molar-refractivity contribution in [3.8, 4) is 0 Å². The van der Waals surface area contributed by atoms with Crippen molar-refractivity contribution in [3.63, 3.8) is 0 Å². The average Bonchev–Trinajstić information content (AvgIpc) is 1.60. The zero-order valence-electron chi connectivity index (χ0n) is 75.8. The number of thioether (sulfide) groups is 1. The Morgan fingerprint density at radius 1 is 0.460 bits per heavy atom. The van der Waals surface area contributed by atoms with Gasteiger partial charge in [-0.15, -0.1) is 47.6 Å². The number of piperidine rings is 2. The molecule has 9 N–H and O–H groups in total. The maximum absolute atomic E-state index is 13.4. The molecule has 36 nitrogen and oxygen atoms in total. The number of thiol groups is 1. The predicted octanol–water partition coefficient (Wildman–Crippen LogP) is 14.7. The Morgan fingerprint density at radius 3 is 1.19 bits per heavy atom. The van der Waals surface area contributed by atoms with E-state index in [0.717, 1.165) is 141 Å². The van der Waals surface area contributed by atoms with Crippen LogP contribution >= 0.6 is 132 Å². The van der Waals surface area contributed by atoms with Crippen LogP contribution in [0.4, 0.5) is 67.4 Å². The maximum atomic E-state index is 13.4. The second-order valence-electron chi connectivity index (χ2n) is 32.2. The van der Waals surface area contributed by atoms with Gasteiger partial charge in [0.2, 0.25) is 23.6 Å². The third-order valence-corrected chi connectivity index (χ3v) is 28.9. The lowest BCUT2D eigenvalue weighted by Crippen LogP contribution is -2.54. The van der Waals surface area contributed by atoms with Crippen LogP contribution in [0.15, 0.2) is 138 Å². The molecule has 11 aromatic rings. The number of nitrogens with one attached hydrogen (secondary N) is 9. The van der Waals surface area contributed by atoms with E-state index in [1.54, 1.807) is 54.9 Å². The summed E-state index contributed by atoms with van der Waals surface area (Å²) < 4.78 is 0. The van der Waals surface area contributed by atoms with E-state index in [0.29, 0.717) is 130 Å². The summed E-state index contributed by atoms with van der Waals surface area (Å²) >= 11 is 42.2. The number of carbonyl (C=O) groups excluding carboxylic acids is 11. The number of carbonyl (C=O) groups is 11. The minimum atomic E-state index is -0.992. The smallest absolute Gasteiger partial charge is 0.267 e. The standard InChI is InChI=1S/C35H34ClN9O5S2.C22H25Cl2N7OS.C20H22ClN7OS.C13H10N2O4S.C2H4BrCl/c1-19-5-3-7-22(36)30(19)42-32(48)25-18-37-35(52-25)40-26-17-27(39-20(2)38-26)44-13-11-43(12-14-44)15-16-51-24-8-4-6-21-29(24)34(50)45(33(21)49)23-9-10-28(46)41-31(23)47;1-14-4-3-5-16(24)20(14)29-21(32)17-13-25-22(33-17)28-18-12-19(27-15(2)26-18)31-10-8-30(7-6-23)9-11-31;1-12-4-3-5-14(21)18(12)27-19(29)15-11-23-20(30-15)26-16-10-17(25-13(2)24-16)28-8-6-22-7-9-28;16-9-5-4-7(11(17)14-9)15-12(18)6-2-1-3-8(20)10(6)13(15)19;3-1-2-4/h3-8,17-18,23H,9-16H2,1-2H3,(H,42,48)(H,41,46,47)(H,37,38,39,40);3-5,12-13H,6-11H2,1-2H3,(H,29,32)(H,25,26,27,28);3-5,10-11,22H,6-9H2,1-2H3,(H,27,29)(H,23,24,25,26);1-3,7,20H,4-5H2,(H,14,16,17);1-2H2. The maximum Gasteiger partial charge on any atom is 0.267 e. The molecular weight excluding hydrogens is 2050 g/mol. The molecule has 5 saturated heterocycles. The quantitative estimate of drug-likeness (QED) is 0.0116. The first-order valence-electron chi connectivity index (χ1n) is 43.9. The van der Waals surface area contributed by atoms with E-state index < -0.39 is 59.3 Å². The lowest BCUT2D eigenvalue weighted by atomic mass is 10.0. The van der Waals surface area contributed by atoms with Gasteiger partial charge in [0.1, 0.15) is 79.1 Å². The summed E-state index contributed by atoms with van der Waals surface area (Å²) in [7, 11) is 0. The van der Waals surface area contributed by atoms with Crippen molar-refractivity contribution in [3.05, 3.63) is 214 Å². The molecule has 0 spiro atoms. The van der Waals surface area contributed by atoms with E-state index in [1.807, 2.05) is 102 Å². The summed E-state index contributed by atoms with van der Waals surface area (Å²) in [4.78, 5) is 193. The number of thiazole rings is 3. The first-order chi connectivity index (χ1) is 66.9. The molecule has 5 aromatic carbocycles. The minimum Gasteiger partial charge on any atom is -0.354 e. The van der Waals surface area contributed by atoms with Crippen molar-refractivity contribution in [2.75, 3.05) is 161 Å². The van der Waals surface area contributed by atoms with Gasteiger partial charge in [0.15, 0.2) is 15.4 Å². The van der Waals surface area contributed by atoms with Crippen molar-refractivity contribution in [1.82, 2.24) is 80.4 Å². The number of fused-ring (bicyclic) bond motifs is 2. The number of rotatable bonds is 24. The lowest BCUT2D eigenvalue weighted by molar-refractivity contribution is -0.137. The molecule has 7 aliphatic rings. The second kappa shape index (κ2) is 48.1. The van der Waals surface area contributed by atoms with Crippen molar-refractivity contribution >= 4 is 265 Å². The van der Waals surface area contributed by atoms with Crippen molar-refractivity contribution in [2.24, 2.45) is 0 Å². The van der Waals surface area contributed by atoms with Crippen LogP contribution in [-0.4, -0.2) is 256 Å². The van der Waals surface area contributed by atoms with Gasteiger partial charge in [0.05, 0.1) is 73.0 Å². The third kappa shape index (κ3) is 26.2. The number of hydrogen-bond acceptors (Lipinski definition) is 34. The summed E-state index contributed by atoms with van der Waals surface area (Å²) in [6, 6.07) is 30.1. The first-order valence-corrected chi connectivity index (χ1v) is 51.1. The van der Waals surface area contributed by atoms with Crippen LogP contribution in [0, 0.1) is 41.5 Å². The highest BCUT2D eigenvalue weighted by Gasteiger charge is 2.47. The number of nitrogens with zero attached hydrogens (tertiary/aromatic N) is 16. The number of aromatic nitrogens is 9. The number of alkyl halides is 3. The Balaban J connectivity index is 0.000000154. The molecule has 11 amide bonds. The molecule has 6 aromatic heterocycles. The zero-order chi connectivity index (χ0) is 98.8. The fraction of sp³-hybridized carbons (Fsp3) is 0.326. The van der Waals surface area contributed by atoms with E-state index in [4.69, 9.17) is 58.0 Å². The Hall–Kier alpha value is -11.5. The first kappa shape index (κ1) is 103. The zero-order valence-corrected chi connectivity index (χ0v) is 85.4. The number of anilines is 12. The Kier molecular flexibility index (Phi) is 35.8. The molecule has 47 heteroatoms. The summed E-state index contributed by atoms with van der Waals surface area (Å²) in [5.41, 5.74) is 5.50. The molecule has 18 rings (SSSR count). The second-order valence-corrected chi connectivity index (χ2v) is 39.7. The van der Waals surface area contributed by atoms with Crippen molar-refractivity contribution in [2.45, 2.75) is 89.1 Å². The van der Waals surface area contributed by atoms with E-state index in [2.05, 4.69) is 146 Å². The monoisotopic (exact) mass is 2140 g/mol. The van der Waals surface area contributed by atoms with Crippen LogP contribution in [0.3, 0.4) is 0 Å². The Morgan fingerprint density at radius 2 is 0.820 bits per heavy atom. The molecule has 139 heavy (non-hydrogen) atoms. The van der Waals surface area contributed by atoms with Crippen LogP contribution in [0.25, 0.3) is 0 Å². The molecule has 0 aliphatic carbocycles. The largest absolute Gasteiger partial charge is 0.354 e. The lowest BCUT2D eigenvalue weighted by Gasteiger charge is -2.35.